The lowest BCUT2D eigenvalue weighted by molar-refractivity contribution is 0.634. The van der Waals surface area contributed by atoms with E-state index in [4.69, 9.17) is 5.26 Å². The highest BCUT2D eigenvalue weighted by Gasteiger charge is 2.11. The molecule has 1 aromatic carbocycles. The van der Waals surface area contributed by atoms with Crippen LogP contribution in [0.15, 0.2) is 24.3 Å². The molecule has 0 amide bonds. The van der Waals surface area contributed by atoms with Crippen molar-refractivity contribution < 1.29 is 0 Å². The molecule has 0 bridgehead atoms. The average Bonchev–Trinajstić information content (AvgIpc) is 2.94. The number of rotatable bonds is 6. The molecule has 0 spiro atoms. The van der Waals surface area contributed by atoms with Crippen LogP contribution in [0.4, 0.5) is 5.95 Å². The lowest BCUT2D eigenvalue weighted by atomic mass is 10.1. The van der Waals surface area contributed by atoms with Crippen molar-refractivity contribution in [1.82, 2.24) is 25.5 Å². The van der Waals surface area contributed by atoms with Gasteiger partial charge in [0.1, 0.15) is 0 Å². The predicted molar refractivity (Wildman–Crippen MR) is 82.5 cm³/mol. The maximum absolute atomic E-state index is 8.78. The van der Waals surface area contributed by atoms with Crippen molar-refractivity contribution in [3.05, 3.63) is 35.4 Å². The van der Waals surface area contributed by atoms with Gasteiger partial charge in [-0.15, -0.1) is 12.4 Å². The van der Waals surface area contributed by atoms with Crippen LogP contribution in [-0.4, -0.2) is 47.4 Å². The van der Waals surface area contributed by atoms with Crippen molar-refractivity contribution >= 4 is 18.4 Å². The Labute approximate surface area is 130 Å². The number of halogens is 1. The lowest BCUT2D eigenvalue weighted by Crippen LogP contribution is -2.29. The Morgan fingerprint density at radius 3 is 2.67 bits per heavy atom. The summed E-state index contributed by atoms with van der Waals surface area (Å²) in [5.74, 6) is 0.726. The summed E-state index contributed by atoms with van der Waals surface area (Å²) >= 11 is 0. The molecule has 0 fully saturated rings. The lowest BCUT2D eigenvalue weighted by Gasteiger charge is -2.17. The largest absolute Gasteiger partial charge is 0.341 e. The SMILES string of the molecule is CNCCN(C)c1nnnn1Cc1ccc(C#N)cc1.Cl. The molecule has 1 aromatic heterocycles. The fraction of sp³-hybridized carbons (Fsp3) is 0.385. The van der Waals surface area contributed by atoms with Crippen LogP contribution >= 0.6 is 12.4 Å². The van der Waals surface area contributed by atoms with Gasteiger partial charge in [0, 0.05) is 20.1 Å². The third-order valence-electron chi connectivity index (χ3n) is 2.97. The van der Waals surface area contributed by atoms with Gasteiger partial charge in [0.2, 0.25) is 5.95 Å². The number of tetrazole rings is 1. The highest BCUT2D eigenvalue weighted by molar-refractivity contribution is 5.85. The quantitative estimate of drug-likeness (QED) is 0.844. The molecule has 0 unspecified atom stereocenters. The van der Waals surface area contributed by atoms with Crippen molar-refractivity contribution in [3.8, 4) is 6.07 Å². The Morgan fingerprint density at radius 1 is 1.33 bits per heavy atom. The molecule has 8 heteroatoms. The standard InChI is InChI=1S/C13H17N7.ClH/c1-15-7-8-19(2)13-16-17-18-20(13)10-12-5-3-11(9-14)4-6-12;/h3-6,15H,7-8,10H2,1-2H3;1H. The van der Waals surface area contributed by atoms with Gasteiger partial charge >= 0.3 is 0 Å². The normalized spacial score (nSPS) is 9.76. The molecule has 1 N–H and O–H groups in total. The predicted octanol–water partition coefficient (Wildman–Crippen LogP) is 0.670. The highest BCUT2D eigenvalue weighted by Crippen LogP contribution is 2.10. The zero-order chi connectivity index (χ0) is 14.4. The van der Waals surface area contributed by atoms with Gasteiger partial charge in [0.05, 0.1) is 18.2 Å². The molecule has 0 radical (unpaired) electrons. The number of anilines is 1. The first kappa shape index (κ1) is 16.9. The summed E-state index contributed by atoms with van der Waals surface area (Å²) in [6.45, 7) is 2.27. The van der Waals surface area contributed by atoms with Crippen LogP contribution in [0.5, 0.6) is 0 Å². The number of benzene rings is 1. The smallest absolute Gasteiger partial charge is 0.245 e. The van der Waals surface area contributed by atoms with E-state index < -0.39 is 0 Å². The fourth-order valence-electron chi connectivity index (χ4n) is 1.81. The van der Waals surface area contributed by atoms with Crippen LogP contribution < -0.4 is 10.2 Å². The Bertz CT molecular complexity index is 587. The van der Waals surface area contributed by atoms with Crippen LogP contribution in [0.2, 0.25) is 0 Å². The number of nitriles is 1. The topological polar surface area (TPSA) is 82.7 Å². The second kappa shape index (κ2) is 8.19. The van der Waals surface area contributed by atoms with E-state index in [1.54, 1.807) is 16.8 Å². The Hall–Kier alpha value is -2.17. The fourth-order valence-corrected chi connectivity index (χ4v) is 1.81. The van der Waals surface area contributed by atoms with E-state index in [-0.39, 0.29) is 12.4 Å². The third-order valence-corrected chi connectivity index (χ3v) is 2.97. The van der Waals surface area contributed by atoms with E-state index in [1.807, 2.05) is 31.1 Å². The van der Waals surface area contributed by atoms with E-state index in [0.717, 1.165) is 24.6 Å². The van der Waals surface area contributed by atoms with E-state index in [0.29, 0.717) is 12.1 Å². The highest BCUT2D eigenvalue weighted by atomic mass is 35.5. The van der Waals surface area contributed by atoms with Gasteiger partial charge in [0.25, 0.3) is 0 Å². The maximum Gasteiger partial charge on any atom is 0.245 e. The molecule has 0 saturated carbocycles. The van der Waals surface area contributed by atoms with Crippen molar-refractivity contribution in [2.75, 3.05) is 32.1 Å². The molecule has 2 rings (SSSR count). The molecule has 0 atom stereocenters. The van der Waals surface area contributed by atoms with Crippen LogP contribution in [0.25, 0.3) is 0 Å². The molecule has 1 heterocycles. The molecule has 0 aliphatic heterocycles. The average molecular weight is 308 g/mol. The van der Waals surface area contributed by atoms with E-state index in [1.165, 1.54) is 0 Å². The Morgan fingerprint density at radius 2 is 2.05 bits per heavy atom. The van der Waals surface area contributed by atoms with Crippen LogP contribution in [0.3, 0.4) is 0 Å². The van der Waals surface area contributed by atoms with E-state index in [2.05, 4.69) is 26.9 Å². The zero-order valence-corrected chi connectivity index (χ0v) is 12.8. The number of hydrogen-bond acceptors (Lipinski definition) is 6. The molecule has 112 valence electrons. The van der Waals surface area contributed by atoms with E-state index in [9.17, 15) is 0 Å². The molecular weight excluding hydrogens is 290 g/mol. The molecule has 7 nitrogen and oxygen atoms in total. The second-order valence-electron chi connectivity index (χ2n) is 4.47. The summed E-state index contributed by atoms with van der Waals surface area (Å²) < 4.78 is 1.75. The first-order valence-electron chi connectivity index (χ1n) is 6.35. The molecular formula is C13H18ClN7. The minimum Gasteiger partial charge on any atom is -0.341 e. The van der Waals surface area contributed by atoms with Gasteiger partial charge in [0.15, 0.2) is 0 Å². The molecule has 0 saturated heterocycles. The number of likely N-dealkylation sites (N-methyl/N-ethyl adjacent to an activating group) is 2. The van der Waals surface area contributed by atoms with Crippen molar-refractivity contribution in [3.63, 3.8) is 0 Å². The van der Waals surface area contributed by atoms with Gasteiger partial charge in [-0.3, -0.25) is 0 Å². The summed E-state index contributed by atoms with van der Waals surface area (Å²) in [7, 11) is 3.87. The summed E-state index contributed by atoms with van der Waals surface area (Å²) in [4.78, 5) is 2.00. The van der Waals surface area contributed by atoms with Gasteiger partial charge < -0.3 is 10.2 Å². The first-order valence-corrected chi connectivity index (χ1v) is 6.35. The monoisotopic (exact) mass is 307 g/mol. The molecule has 2 aromatic rings. The van der Waals surface area contributed by atoms with E-state index >= 15 is 0 Å². The zero-order valence-electron chi connectivity index (χ0n) is 12.0. The Kier molecular flexibility index (Phi) is 6.59. The summed E-state index contributed by atoms with van der Waals surface area (Å²) in [6, 6.07) is 9.52. The van der Waals surface area contributed by atoms with Crippen LogP contribution in [-0.2, 0) is 6.54 Å². The van der Waals surface area contributed by atoms with Crippen LogP contribution in [0.1, 0.15) is 11.1 Å². The maximum atomic E-state index is 8.78. The van der Waals surface area contributed by atoms with Gasteiger partial charge in [-0.05, 0) is 35.2 Å². The minimum atomic E-state index is 0. The second-order valence-corrected chi connectivity index (χ2v) is 4.47. The summed E-state index contributed by atoms with van der Waals surface area (Å²) in [6.07, 6.45) is 0. The van der Waals surface area contributed by atoms with Crippen molar-refractivity contribution in [2.45, 2.75) is 6.54 Å². The summed E-state index contributed by atoms with van der Waals surface area (Å²) in [5, 5.41) is 23.7. The Balaban J connectivity index is 0.00000220. The van der Waals surface area contributed by atoms with Crippen molar-refractivity contribution in [2.24, 2.45) is 0 Å². The number of hydrogen-bond donors (Lipinski definition) is 1. The van der Waals surface area contributed by atoms with Gasteiger partial charge in [-0.2, -0.15) is 5.26 Å². The molecule has 21 heavy (non-hydrogen) atoms. The first-order chi connectivity index (χ1) is 9.74. The van der Waals surface area contributed by atoms with Crippen molar-refractivity contribution in [1.29, 1.82) is 5.26 Å². The number of aromatic nitrogens is 4. The third kappa shape index (κ3) is 4.41. The van der Waals surface area contributed by atoms with Crippen LogP contribution in [0, 0.1) is 11.3 Å². The molecule has 0 aliphatic carbocycles. The minimum absolute atomic E-state index is 0. The number of nitrogens with zero attached hydrogens (tertiary/aromatic N) is 6. The summed E-state index contributed by atoms with van der Waals surface area (Å²) in [5.41, 5.74) is 1.70. The van der Waals surface area contributed by atoms with Gasteiger partial charge in [-0.1, -0.05) is 17.2 Å². The number of nitrogens with one attached hydrogen (secondary N) is 1. The van der Waals surface area contributed by atoms with Gasteiger partial charge in [-0.25, -0.2) is 4.68 Å². The molecule has 0 aliphatic rings.